The second-order valence-electron chi connectivity index (χ2n) is 5.51. The Morgan fingerprint density at radius 2 is 1.95 bits per heavy atom. The molecule has 1 aliphatic carbocycles. The number of rotatable bonds is 4. The lowest BCUT2D eigenvalue weighted by Gasteiger charge is -2.15. The summed E-state index contributed by atoms with van der Waals surface area (Å²) >= 11 is 0. The Morgan fingerprint density at radius 3 is 2.47 bits per heavy atom. The predicted molar refractivity (Wildman–Crippen MR) is 77.6 cm³/mol. The first-order valence-corrected chi connectivity index (χ1v) is 8.14. The number of aryl methyl sites for hydroxylation is 2. The monoisotopic (exact) mass is 282 g/mol. The zero-order valence-corrected chi connectivity index (χ0v) is 12.8. The van der Waals surface area contributed by atoms with Crippen LogP contribution in [0.1, 0.15) is 36.5 Å². The van der Waals surface area contributed by atoms with Gasteiger partial charge in [-0.1, -0.05) is 19.4 Å². The lowest BCUT2D eigenvalue weighted by atomic mass is 10.1. The van der Waals surface area contributed by atoms with Gasteiger partial charge in [-0.25, -0.2) is 13.1 Å². The summed E-state index contributed by atoms with van der Waals surface area (Å²) in [6, 6.07) is 1.93. The molecular weight excluding hydrogens is 260 g/mol. The van der Waals surface area contributed by atoms with E-state index in [9.17, 15) is 8.42 Å². The van der Waals surface area contributed by atoms with E-state index in [1.165, 1.54) is 0 Å². The van der Waals surface area contributed by atoms with Crippen molar-refractivity contribution in [2.75, 3.05) is 5.73 Å². The lowest BCUT2D eigenvalue weighted by molar-refractivity contribution is 0.574. The molecule has 1 aromatic rings. The van der Waals surface area contributed by atoms with E-state index in [0.29, 0.717) is 22.1 Å². The minimum absolute atomic E-state index is 0.0938. The molecule has 2 unspecified atom stereocenters. The number of nitrogens with two attached hydrogens (primary N) is 1. The van der Waals surface area contributed by atoms with Crippen molar-refractivity contribution in [1.82, 2.24) is 4.72 Å². The molecule has 2 rings (SSSR count). The topological polar surface area (TPSA) is 72.2 Å². The third-order valence-corrected chi connectivity index (χ3v) is 5.76. The van der Waals surface area contributed by atoms with E-state index in [4.69, 9.17) is 5.73 Å². The average Bonchev–Trinajstić information content (AvgIpc) is 3.03. The molecule has 3 N–H and O–H groups in total. The fourth-order valence-electron chi connectivity index (χ4n) is 2.70. The van der Waals surface area contributed by atoms with Gasteiger partial charge in [0.2, 0.25) is 10.0 Å². The molecule has 0 amide bonds. The summed E-state index contributed by atoms with van der Waals surface area (Å²) in [4.78, 5) is 0.345. The smallest absolute Gasteiger partial charge is 0.241 e. The van der Waals surface area contributed by atoms with Crippen molar-refractivity contribution in [3.63, 3.8) is 0 Å². The first-order chi connectivity index (χ1) is 8.77. The van der Waals surface area contributed by atoms with Crippen LogP contribution in [0.5, 0.6) is 0 Å². The van der Waals surface area contributed by atoms with Gasteiger partial charge < -0.3 is 5.73 Å². The SMILES string of the molecule is CCC1CC1NS(=O)(=O)c1c(C)cc(C)c(N)c1C. The summed E-state index contributed by atoms with van der Waals surface area (Å²) in [7, 11) is -3.47. The molecule has 1 aromatic carbocycles. The third-order valence-electron chi connectivity index (χ3n) is 3.98. The molecule has 106 valence electrons. The minimum Gasteiger partial charge on any atom is -0.398 e. The van der Waals surface area contributed by atoms with E-state index in [-0.39, 0.29) is 6.04 Å². The van der Waals surface area contributed by atoms with Gasteiger partial charge in [0.15, 0.2) is 0 Å². The van der Waals surface area contributed by atoms with Crippen LogP contribution in [-0.4, -0.2) is 14.5 Å². The largest absolute Gasteiger partial charge is 0.398 e. The van der Waals surface area contributed by atoms with E-state index >= 15 is 0 Å². The Balaban J connectivity index is 2.38. The van der Waals surface area contributed by atoms with Crippen LogP contribution in [0, 0.1) is 26.7 Å². The van der Waals surface area contributed by atoms with Crippen molar-refractivity contribution in [3.8, 4) is 0 Å². The maximum absolute atomic E-state index is 12.5. The number of sulfonamides is 1. The van der Waals surface area contributed by atoms with Crippen molar-refractivity contribution in [2.45, 2.75) is 51.5 Å². The number of hydrogen-bond acceptors (Lipinski definition) is 3. The van der Waals surface area contributed by atoms with Gasteiger partial charge in [0.05, 0.1) is 4.90 Å². The van der Waals surface area contributed by atoms with Crippen LogP contribution >= 0.6 is 0 Å². The van der Waals surface area contributed by atoms with Crippen molar-refractivity contribution >= 4 is 15.7 Å². The van der Waals surface area contributed by atoms with Crippen LogP contribution in [-0.2, 0) is 10.0 Å². The molecule has 2 atom stereocenters. The third kappa shape index (κ3) is 2.62. The van der Waals surface area contributed by atoms with Crippen LogP contribution < -0.4 is 10.5 Å². The Labute approximate surface area is 115 Å². The molecule has 0 aromatic heterocycles. The molecule has 0 aliphatic heterocycles. The predicted octanol–water partition coefficient (Wildman–Crippen LogP) is 2.27. The van der Waals surface area contributed by atoms with E-state index in [2.05, 4.69) is 11.6 Å². The normalized spacial score (nSPS) is 22.5. The Hall–Kier alpha value is -1.07. The molecule has 1 aliphatic rings. The van der Waals surface area contributed by atoms with Crippen molar-refractivity contribution in [2.24, 2.45) is 5.92 Å². The highest BCUT2D eigenvalue weighted by molar-refractivity contribution is 7.89. The first kappa shape index (κ1) is 14.3. The number of hydrogen-bond donors (Lipinski definition) is 2. The summed E-state index contributed by atoms with van der Waals surface area (Å²) in [6.45, 7) is 7.57. The molecule has 0 spiro atoms. The molecule has 0 heterocycles. The fraction of sp³-hybridized carbons (Fsp3) is 0.571. The van der Waals surface area contributed by atoms with Gasteiger partial charge in [0.1, 0.15) is 0 Å². The van der Waals surface area contributed by atoms with Gasteiger partial charge in [-0.05, 0) is 49.8 Å². The van der Waals surface area contributed by atoms with Gasteiger partial charge >= 0.3 is 0 Å². The van der Waals surface area contributed by atoms with Gasteiger partial charge in [-0.3, -0.25) is 0 Å². The van der Waals surface area contributed by atoms with Gasteiger partial charge in [0.25, 0.3) is 0 Å². The Morgan fingerprint density at radius 1 is 1.32 bits per heavy atom. The van der Waals surface area contributed by atoms with Gasteiger partial charge in [-0.2, -0.15) is 0 Å². The zero-order valence-electron chi connectivity index (χ0n) is 11.9. The quantitative estimate of drug-likeness (QED) is 0.832. The van der Waals surface area contributed by atoms with Gasteiger partial charge in [-0.15, -0.1) is 0 Å². The maximum atomic E-state index is 12.5. The molecule has 1 saturated carbocycles. The Bertz CT molecular complexity index is 608. The highest BCUT2D eigenvalue weighted by Crippen LogP contribution is 2.36. The number of anilines is 1. The van der Waals surface area contributed by atoms with Crippen LogP contribution in [0.15, 0.2) is 11.0 Å². The second kappa shape index (κ2) is 4.80. The van der Waals surface area contributed by atoms with Gasteiger partial charge in [0, 0.05) is 11.7 Å². The number of benzene rings is 1. The van der Waals surface area contributed by atoms with Crippen molar-refractivity contribution in [1.29, 1.82) is 0 Å². The fourth-order valence-corrected chi connectivity index (χ4v) is 4.50. The summed E-state index contributed by atoms with van der Waals surface area (Å²) in [6.07, 6.45) is 1.95. The van der Waals surface area contributed by atoms with E-state index in [1.807, 2.05) is 19.9 Å². The summed E-state index contributed by atoms with van der Waals surface area (Å²) in [5.41, 5.74) is 8.85. The molecule has 0 saturated heterocycles. The van der Waals surface area contributed by atoms with Crippen molar-refractivity contribution in [3.05, 3.63) is 22.8 Å². The highest BCUT2D eigenvalue weighted by Gasteiger charge is 2.39. The molecule has 19 heavy (non-hydrogen) atoms. The molecule has 0 bridgehead atoms. The average molecular weight is 282 g/mol. The van der Waals surface area contributed by atoms with E-state index in [0.717, 1.165) is 24.0 Å². The molecular formula is C14H22N2O2S. The van der Waals surface area contributed by atoms with Crippen molar-refractivity contribution < 1.29 is 8.42 Å². The number of nitrogens with one attached hydrogen (secondary N) is 1. The molecule has 4 nitrogen and oxygen atoms in total. The van der Waals surface area contributed by atoms with Crippen LogP contribution in [0.25, 0.3) is 0 Å². The summed E-state index contributed by atoms with van der Waals surface area (Å²) in [5.74, 6) is 0.484. The van der Waals surface area contributed by atoms with Crippen LogP contribution in [0.4, 0.5) is 5.69 Å². The molecule has 0 radical (unpaired) electrons. The van der Waals surface area contributed by atoms with E-state index in [1.54, 1.807) is 6.92 Å². The Kier molecular flexibility index (Phi) is 3.62. The second-order valence-corrected chi connectivity index (χ2v) is 7.16. The first-order valence-electron chi connectivity index (χ1n) is 6.66. The summed E-state index contributed by atoms with van der Waals surface area (Å²) < 4.78 is 27.8. The standard InChI is InChI=1S/C14H22N2O2S/c1-5-11-7-12(11)16-19(17,18)14-9(3)6-8(2)13(15)10(14)4/h6,11-12,16H,5,7,15H2,1-4H3. The molecule has 1 fully saturated rings. The van der Waals surface area contributed by atoms with Crippen LogP contribution in [0.3, 0.4) is 0 Å². The zero-order chi connectivity index (χ0) is 14.4. The highest BCUT2D eigenvalue weighted by atomic mass is 32.2. The number of nitrogen functional groups attached to an aromatic ring is 1. The molecule has 5 heteroatoms. The van der Waals surface area contributed by atoms with E-state index < -0.39 is 10.0 Å². The minimum atomic E-state index is -3.47. The lowest BCUT2D eigenvalue weighted by Crippen LogP contribution is -2.28. The maximum Gasteiger partial charge on any atom is 0.241 e. The summed E-state index contributed by atoms with van der Waals surface area (Å²) in [5, 5.41) is 0. The van der Waals surface area contributed by atoms with Crippen LogP contribution in [0.2, 0.25) is 0 Å².